The Balaban J connectivity index is 0.000000963. The van der Waals surface area contributed by atoms with E-state index in [2.05, 4.69) is 15.7 Å². The Kier molecular flexibility index (Phi) is 3.21. The molecular weight excluding hydrogens is 224 g/mol. The Bertz CT molecular complexity index is 469. The first kappa shape index (κ1) is 11.5. The molecule has 5 heteroatoms. The zero-order valence-electron chi connectivity index (χ0n) is 9.17. The van der Waals surface area contributed by atoms with Crippen LogP contribution in [0.25, 0.3) is 5.65 Å². The van der Waals surface area contributed by atoms with Crippen LogP contribution in [0, 0.1) is 0 Å². The lowest BCUT2D eigenvalue weighted by Gasteiger charge is -2.22. The van der Waals surface area contributed by atoms with Gasteiger partial charge in [-0.2, -0.15) is 5.10 Å². The molecule has 1 aliphatic rings. The van der Waals surface area contributed by atoms with Gasteiger partial charge in [-0.1, -0.05) is 6.42 Å². The molecule has 1 aliphatic carbocycles. The van der Waals surface area contributed by atoms with Gasteiger partial charge in [0.2, 0.25) is 0 Å². The Hall–Kier alpha value is -1.00. The minimum Gasteiger partial charge on any atom is -0.330 e. The number of hydrogen-bond donors (Lipinski definition) is 1. The maximum atomic E-state index is 5.56. The van der Waals surface area contributed by atoms with E-state index in [1.807, 2.05) is 16.9 Å². The highest BCUT2D eigenvalue weighted by Gasteiger charge is 2.22. The van der Waals surface area contributed by atoms with Crippen LogP contribution in [0.4, 0.5) is 0 Å². The van der Waals surface area contributed by atoms with Gasteiger partial charge in [-0.15, -0.1) is 12.4 Å². The SMILES string of the molecule is Cl.NCCn1ccn2nc(C3CCC3)cc12. The average Bonchev–Trinajstić information content (AvgIpc) is 2.65. The summed E-state index contributed by atoms with van der Waals surface area (Å²) in [5.74, 6) is 0.705. The van der Waals surface area contributed by atoms with Gasteiger partial charge in [0.15, 0.2) is 0 Å². The molecule has 0 spiro atoms. The summed E-state index contributed by atoms with van der Waals surface area (Å²) in [6, 6.07) is 2.21. The molecule has 3 rings (SSSR count). The summed E-state index contributed by atoms with van der Waals surface area (Å²) in [7, 11) is 0. The topological polar surface area (TPSA) is 48.2 Å². The summed E-state index contributed by atoms with van der Waals surface area (Å²) in [5.41, 5.74) is 7.99. The van der Waals surface area contributed by atoms with Gasteiger partial charge in [0.25, 0.3) is 0 Å². The highest BCUT2D eigenvalue weighted by atomic mass is 35.5. The van der Waals surface area contributed by atoms with Crippen molar-refractivity contribution in [3.05, 3.63) is 24.2 Å². The third-order valence-electron chi connectivity index (χ3n) is 3.31. The lowest BCUT2D eigenvalue weighted by Crippen LogP contribution is -2.09. The molecule has 88 valence electrons. The second-order valence-electron chi connectivity index (χ2n) is 4.28. The molecule has 0 aromatic carbocycles. The van der Waals surface area contributed by atoms with E-state index in [-0.39, 0.29) is 12.4 Å². The summed E-state index contributed by atoms with van der Waals surface area (Å²) in [4.78, 5) is 0. The Labute approximate surface area is 101 Å². The van der Waals surface area contributed by atoms with Crippen LogP contribution in [0.1, 0.15) is 30.9 Å². The van der Waals surface area contributed by atoms with Crippen LogP contribution < -0.4 is 5.73 Å². The van der Waals surface area contributed by atoms with E-state index in [1.165, 1.54) is 30.6 Å². The van der Waals surface area contributed by atoms with Gasteiger partial charge in [0.1, 0.15) is 5.65 Å². The Morgan fingerprint density at radius 1 is 1.38 bits per heavy atom. The molecule has 2 aromatic rings. The molecule has 1 fully saturated rings. The second kappa shape index (κ2) is 4.47. The Morgan fingerprint density at radius 2 is 2.19 bits per heavy atom. The molecule has 0 saturated heterocycles. The van der Waals surface area contributed by atoms with Crippen LogP contribution in [0.15, 0.2) is 18.5 Å². The van der Waals surface area contributed by atoms with Gasteiger partial charge >= 0.3 is 0 Å². The summed E-state index contributed by atoms with van der Waals surface area (Å²) in [5, 5.41) is 4.59. The number of nitrogens with two attached hydrogens (primary N) is 1. The lowest BCUT2D eigenvalue weighted by atomic mass is 9.83. The van der Waals surface area contributed by atoms with Crippen LogP contribution in [0.2, 0.25) is 0 Å². The van der Waals surface area contributed by atoms with Gasteiger partial charge in [0.05, 0.1) is 5.69 Å². The van der Waals surface area contributed by atoms with Crippen molar-refractivity contribution in [1.29, 1.82) is 0 Å². The highest BCUT2D eigenvalue weighted by molar-refractivity contribution is 5.85. The van der Waals surface area contributed by atoms with Crippen LogP contribution in [-0.2, 0) is 6.54 Å². The molecular formula is C11H17ClN4. The van der Waals surface area contributed by atoms with Crippen LogP contribution in [-0.4, -0.2) is 20.7 Å². The molecule has 0 aliphatic heterocycles. The van der Waals surface area contributed by atoms with E-state index in [0.717, 1.165) is 6.54 Å². The third kappa shape index (κ3) is 1.72. The maximum Gasteiger partial charge on any atom is 0.136 e. The van der Waals surface area contributed by atoms with Crippen molar-refractivity contribution in [2.75, 3.05) is 6.54 Å². The van der Waals surface area contributed by atoms with E-state index in [0.29, 0.717) is 12.5 Å². The van der Waals surface area contributed by atoms with Crippen molar-refractivity contribution in [2.45, 2.75) is 31.7 Å². The predicted octanol–water partition coefficient (Wildman–Crippen LogP) is 1.78. The smallest absolute Gasteiger partial charge is 0.136 e. The first-order valence-electron chi connectivity index (χ1n) is 5.63. The van der Waals surface area contributed by atoms with Crippen molar-refractivity contribution in [3.8, 4) is 0 Å². The minimum atomic E-state index is 0. The summed E-state index contributed by atoms with van der Waals surface area (Å²) < 4.78 is 4.12. The van der Waals surface area contributed by atoms with Crippen LogP contribution in [0.5, 0.6) is 0 Å². The molecule has 0 amide bonds. The summed E-state index contributed by atoms with van der Waals surface area (Å²) in [6.07, 6.45) is 8.01. The normalized spacial score (nSPS) is 16.1. The molecule has 2 aromatic heterocycles. The fourth-order valence-corrected chi connectivity index (χ4v) is 2.18. The molecule has 0 unspecified atom stereocenters. The first-order chi connectivity index (χ1) is 7.38. The zero-order chi connectivity index (χ0) is 10.3. The van der Waals surface area contributed by atoms with E-state index < -0.39 is 0 Å². The fraction of sp³-hybridized carbons (Fsp3) is 0.545. The summed E-state index contributed by atoms with van der Waals surface area (Å²) >= 11 is 0. The molecule has 1 saturated carbocycles. The van der Waals surface area contributed by atoms with Gasteiger partial charge < -0.3 is 10.3 Å². The van der Waals surface area contributed by atoms with Crippen molar-refractivity contribution < 1.29 is 0 Å². The number of rotatable bonds is 3. The van der Waals surface area contributed by atoms with Crippen molar-refractivity contribution in [1.82, 2.24) is 14.2 Å². The van der Waals surface area contributed by atoms with Crippen molar-refractivity contribution in [2.24, 2.45) is 5.73 Å². The van der Waals surface area contributed by atoms with Gasteiger partial charge in [-0.3, -0.25) is 0 Å². The van der Waals surface area contributed by atoms with E-state index >= 15 is 0 Å². The zero-order valence-corrected chi connectivity index (χ0v) is 9.99. The number of nitrogens with zero attached hydrogens (tertiary/aromatic N) is 3. The average molecular weight is 241 g/mol. The minimum absolute atomic E-state index is 0. The molecule has 2 N–H and O–H groups in total. The number of fused-ring (bicyclic) bond motifs is 1. The number of imidazole rings is 1. The monoisotopic (exact) mass is 240 g/mol. The van der Waals surface area contributed by atoms with E-state index in [9.17, 15) is 0 Å². The van der Waals surface area contributed by atoms with Crippen LogP contribution in [0.3, 0.4) is 0 Å². The summed E-state index contributed by atoms with van der Waals surface area (Å²) in [6.45, 7) is 1.54. The first-order valence-corrected chi connectivity index (χ1v) is 5.63. The van der Waals surface area contributed by atoms with Crippen molar-refractivity contribution >= 4 is 18.1 Å². The van der Waals surface area contributed by atoms with E-state index in [4.69, 9.17) is 5.73 Å². The highest BCUT2D eigenvalue weighted by Crippen LogP contribution is 2.35. The van der Waals surface area contributed by atoms with Crippen LogP contribution >= 0.6 is 12.4 Å². The number of halogens is 1. The molecule has 0 atom stereocenters. The Morgan fingerprint density at radius 3 is 2.81 bits per heavy atom. The number of aromatic nitrogens is 3. The molecule has 16 heavy (non-hydrogen) atoms. The predicted molar refractivity (Wildman–Crippen MR) is 66.1 cm³/mol. The molecule has 4 nitrogen and oxygen atoms in total. The quantitative estimate of drug-likeness (QED) is 0.889. The van der Waals surface area contributed by atoms with Gasteiger partial charge in [-0.05, 0) is 12.8 Å². The third-order valence-corrected chi connectivity index (χ3v) is 3.31. The second-order valence-corrected chi connectivity index (χ2v) is 4.28. The fourth-order valence-electron chi connectivity index (χ4n) is 2.18. The molecule has 0 bridgehead atoms. The van der Waals surface area contributed by atoms with E-state index in [1.54, 1.807) is 0 Å². The number of hydrogen-bond acceptors (Lipinski definition) is 2. The maximum absolute atomic E-state index is 5.56. The lowest BCUT2D eigenvalue weighted by molar-refractivity contribution is 0.409. The molecule has 0 radical (unpaired) electrons. The van der Waals surface area contributed by atoms with Crippen molar-refractivity contribution in [3.63, 3.8) is 0 Å². The van der Waals surface area contributed by atoms with Gasteiger partial charge in [0, 0.05) is 37.5 Å². The standard InChI is InChI=1S/C11H16N4.ClH/c12-4-5-14-6-7-15-11(14)8-10(13-15)9-2-1-3-9;/h6-9H,1-5,12H2;1H. The molecule has 2 heterocycles. The van der Waals surface area contributed by atoms with Gasteiger partial charge in [-0.25, -0.2) is 4.52 Å². The largest absolute Gasteiger partial charge is 0.330 e.